The number of esters is 1. The zero-order valence-electron chi connectivity index (χ0n) is 11.1. The monoisotopic (exact) mass is 279 g/mol. The molecule has 0 aromatic carbocycles. The zero-order valence-corrected chi connectivity index (χ0v) is 11.9. The van der Waals surface area contributed by atoms with Crippen LogP contribution in [0.25, 0.3) is 10.7 Å². The second-order valence-electron chi connectivity index (χ2n) is 4.01. The lowest BCUT2D eigenvalue weighted by Crippen LogP contribution is -2.05. The highest BCUT2D eigenvalue weighted by Gasteiger charge is 2.10. The quantitative estimate of drug-likeness (QED) is 0.762. The highest BCUT2D eigenvalue weighted by molar-refractivity contribution is 7.13. The number of carbonyl (C=O) groups is 1. The van der Waals surface area contributed by atoms with E-state index in [1.165, 1.54) is 0 Å². The number of rotatable bonds is 6. The predicted octanol–water partition coefficient (Wildman–Crippen LogP) is 2.52. The summed E-state index contributed by atoms with van der Waals surface area (Å²) in [6.45, 7) is 5.18. The fourth-order valence-electron chi connectivity index (χ4n) is 1.75. The summed E-state index contributed by atoms with van der Waals surface area (Å²) in [5.74, 6) is -0.171. The third-order valence-corrected chi connectivity index (χ3v) is 3.63. The molecule has 2 heterocycles. The van der Waals surface area contributed by atoms with Gasteiger partial charge in [0.2, 0.25) is 0 Å². The van der Waals surface area contributed by atoms with Gasteiger partial charge >= 0.3 is 5.97 Å². The molecule has 0 saturated carbocycles. The van der Waals surface area contributed by atoms with E-state index in [9.17, 15) is 4.79 Å². The van der Waals surface area contributed by atoms with Crippen molar-refractivity contribution < 1.29 is 9.53 Å². The molecule has 5 nitrogen and oxygen atoms in total. The molecular formula is C13H17N3O2S. The maximum Gasteiger partial charge on any atom is 0.306 e. The van der Waals surface area contributed by atoms with Crippen LogP contribution in [0, 0.1) is 0 Å². The molecular weight excluding hydrogens is 262 g/mol. The molecule has 0 bridgehead atoms. The number of aryl methyl sites for hydroxylation is 2. The Bertz CT molecular complexity index is 548. The number of hydrogen-bond donors (Lipinski definition) is 0. The van der Waals surface area contributed by atoms with E-state index in [1.807, 2.05) is 23.1 Å². The third-order valence-electron chi connectivity index (χ3n) is 2.71. The van der Waals surface area contributed by atoms with Crippen molar-refractivity contribution in [2.75, 3.05) is 6.61 Å². The highest BCUT2D eigenvalue weighted by atomic mass is 32.1. The molecule has 0 radical (unpaired) electrons. The maximum absolute atomic E-state index is 11.3. The molecule has 0 spiro atoms. The molecule has 2 aromatic rings. The van der Waals surface area contributed by atoms with Crippen molar-refractivity contribution in [2.24, 2.45) is 0 Å². The topological polar surface area (TPSA) is 57.0 Å². The summed E-state index contributed by atoms with van der Waals surface area (Å²) in [4.78, 5) is 20.0. The van der Waals surface area contributed by atoms with E-state index in [-0.39, 0.29) is 5.97 Å². The summed E-state index contributed by atoms with van der Waals surface area (Å²) in [5.41, 5.74) is 1.95. The minimum atomic E-state index is -0.171. The van der Waals surface area contributed by atoms with Crippen molar-refractivity contribution in [3.05, 3.63) is 23.6 Å². The van der Waals surface area contributed by atoms with Gasteiger partial charge in [0.1, 0.15) is 5.01 Å². The molecule has 0 aliphatic carbocycles. The summed E-state index contributed by atoms with van der Waals surface area (Å²) in [7, 11) is 0. The fourth-order valence-corrected chi connectivity index (χ4v) is 2.63. The average Bonchev–Trinajstić information content (AvgIpc) is 3.05. The minimum absolute atomic E-state index is 0.171. The van der Waals surface area contributed by atoms with Crippen LogP contribution < -0.4 is 0 Å². The lowest BCUT2D eigenvalue weighted by Gasteiger charge is -2.01. The van der Waals surface area contributed by atoms with Gasteiger partial charge in [-0.15, -0.1) is 11.3 Å². The van der Waals surface area contributed by atoms with Crippen LogP contribution in [-0.2, 0) is 22.5 Å². The lowest BCUT2D eigenvalue weighted by atomic mass is 10.2. The molecule has 0 N–H and O–H groups in total. The van der Waals surface area contributed by atoms with Gasteiger partial charge in [0.15, 0.2) is 0 Å². The van der Waals surface area contributed by atoms with Crippen molar-refractivity contribution in [1.29, 1.82) is 0 Å². The Kier molecular flexibility index (Phi) is 4.68. The normalized spacial score (nSPS) is 10.6. The number of hydrogen-bond acceptors (Lipinski definition) is 5. The number of thiazole rings is 1. The van der Waals surface area contributed by atoms with Crippen LogP contribution >= 0.6 is 11.3 Å². The highest BCUT2D eigenvalue weighted by Crippen LogP contribution is 2.23. The van der Waals surface area contributed by atoms with Gasteiger partial charge in [0, 0.05) is 18.3 Å². The van der Waals surface area contributed by atoms with E-state index in [2.05, 4.69) is 16.9 Å². The number of carbonyl (C=O) groups excluding carboxylic acids is 1. The first-order valence-electron chi connectivity index (χ1n) is 6.35. The second kappa shape index (κ2) is 6.47. The first-order valence-corrected chi connectivity index (χ1v) is 7.23. The molecule has 0 aliphatic rings. The number of nitrogens with zero attached hydrogens (tertiary/aromatic N) is 3. The van der Waals surface area contributed by atoms with Crippen LogP contribution in [0.1, 0.15) is 26.0 Å². The van der Waals surface area contributed by atoms with Gasteiger partial charge in [-0.25, -0.2) is 9.97 Å². The van der Waals surface area contributed by atoms with Gasteiger partial charge in [-0.3, -0.25) is 4.79 Å². The Labute approximate surface area is 116 Å². The van der Waals surface area contributed by atoms with Crippen LogP contribution in [0.15, 0.2) is 17.9 Å². The molecule has 6 heteroatoms. The van der Waals surface area contributed by atoms with Crippen LogP contribution in [0.2, 0.25) is 0 Å². The van der Waals surface area contributed by atoms with Gasteiger partial charge in [-0.05, 0) is 13.8 Å². The van der Waals surface area contributed by atoms with Crippen LogP contribution in [0.5, 0.6) is 0 Å². The van der Waals surface area contributed by atoms with Crippen molar-refractivity contribution in [3.8, 4) is 10.7 Å². The first-order chi connectivity index (χ1) is 9.24. The summed E-state index contributed by atoms with van der Waals surface area (Å²) < 4.78 is 6.95. The van der Waals surface area contributed by atoms with E-state index in [0.717, 1.165) is 22.9 Å². The van der Waals surface area contributed by atoms with Gasteiger partial charge in [-0.1, -0.05) is 0 Å². The Balaban J connectivity index is 2.01. The van der Waals surface area contributed by atoms with E-state index in [1.54, 1.807) is 17.7 Å². The maximum atomic E-state index is 11.3. The molecule has 102 valence electrons. The second-order valence-corrected chi connectivity index (χ2v) is 4.87. The van der Waals surface area contributed by atoms with Crippen LogP contribution in [0.3, 0.4) is 0 Å². The Morgan fingerprint density at radius 1 is 1.47 bits per heavy atom. The molecule has 0 saturated heterocycles. The molecule has 2 rings (SSSR count). The van der Waals surface area contributed by atoms with Crippen molar-refractivity contribution in [2.45, 2.75) is 33.2 Å². The standard InChI is InChI=1S/C13H17N3O2S/c1-3-16-9-14-7-11(16)13-15-10(8-19-13)5-6-12(17)18-4-2/h7-9H,3-6H2,1-2H3. The van der Waals surface area contributed by atoms with Crippen LogP contribution in [0.4, 0.5) is 0 Å². The number of aromatic nitrogens is 3. The summed E-state index contributed by atoms with van der Waals surface area (Å²) >= 11 is 1.58. The molecule has 0 fully saturated rings. The average molecular weight is 279 g/mol. The fraction of sp³-hybridized carbons (Fsp3) is 0.462. The smallest absolute Gasteiger partial charge is 0.306 e. The van der Waals surface area contributed by atoms with Gasteiger partial charge in [0.05, 0.1) is 36.9 Å². The Hall–Kier alpha value is -1.69. The number of imidazole rings is 1. The van der Waals surface area contributed by atoms with Crippen molar-refractivity contribution >= 4 is 17.3 Å². The Morgan fingerprint density at radius 2 is 2.32 bits per heavy atom. The molecule has 0 aliphatic heterocycles. The molecule has 0 amide bonds. The molecule has 19 heavy (non-hydrogen) atoms. The van der Waals surface area contributed by atoms with Gasteiger partial charge < -0.3 is 9.30 Å². The summed E-state index contributed by atoms with van der Waals surface area (Å²) in [6, 6.07) is 0. The summed E-state index contributed by atoms with van der Waals surface area (Å²) in [6.07, 6.45) is 4.62. The van der Waals surface area contributed by atoms with E-state index >= 15 is 0 Å². The summed E-state index contributed by atoms with van der Waals surface area (Å²) in [5, 5.41) is 2.93. The lowest BCUT2D eigenvalue weighted by molar-refractivity contribution is -0.143. The molecule has 2 aromatic heterocycles. The first kappa shape index (κ1) is 13.7. The predicted molar refractivity (Wildman–Crippen MR) is 74.0 cm³/mol. The van der Waals surface area contributed by atoms with E-state index in [4.69, 9.17) is 4.74 Å². The van der Waals surface area contributed by atoms with Crippen LogP contribution in [-0.4, -0.2) is 27.1 Å². The molecule has 0 atom stereocenters. The SMILES string of the molecule is CCOC(=O)CCc1csc(-c2cncn2CC)n1. The van der Waals surface area contributed by atoms with Crippen molar-refractivity contribution in [1.82, 2.24) is 14.5 Å². The minimum Gasteiger partial charge on any atom is -0.466 e. The van der Waals surface area contributed by atoms with Crippen molar-refractivity contribution in [3.63, 3.8) is 0 Å². The zero-order chi connectivity index (χ0) is 13.7. The van der Waals surface area contributed by atoms with E-state index < -0.39 is 0 Å². The van der Waals surface area contributed by atoms with Gasteiger partial charge in [0.25, 0.3) is 0 Å². The molecule has 0 unspecified atom stereocenters. The number of ether oxygens (including phenoxy) is 1. The third kappa shape index (κ3) is 3.41. The van der Waals surface area contributed by atoms with Gasteiger partial charge in [-0.2, -0.15) is 0 Å². The largest absolute Gasteiger partial charge is 0.466 e. The van der Waals surface area contributed by atoms with E-state index in [0.29, 0.717) is 19.4 Å². The Morgan fingerprint density at radius 3 is 3.05 bits per heavy atom.